The van der Waals surface area contributed by atoms with Crippen LogP contribution < -0.4 is 9.30 Å². The second-order valence-corrected chi connectivity index (χ2v) is 15.6. The van der Waals surface area contributed by atoms with Gasteiger partial charge in [-0.3, -0.25) is 9.13 Å². The number of nitrogens with zero attached hydrogens (tertiary/aromatic N) is 5. The number of imidazole rings is 1. The smallest absolute Gasteiger partial charge is 0.263 e. The lowest BCUT2D eigenvalue weighted by atomic mass is 9.87. The molecule has 0 unspecified atom stereocenters. The number of fused-ring (bicyclic) bond motifs is 6. The molecule has 4 heterocycles. The molecule has 10 aromatic rings. The minimum atomic E-state index is 0.103. The Kier molecular flexibility index (Phi) is 7.72. The molecule has 0 radical (unpaired) electrons. The Balaban J connectivity index is 1.25. The van der Waals surface area contributed by atoms with Gasteiger partial charge in [-0.25, -0.2) is 4.98 Å². The van der Waals surface area contributed by atoms with E-state index in [0.29, 0.717) is 0 Å². The van der Waals surface area contributed by atoms with E-state index >= 15 is 0 Å². The molecule has 6 heteroatoms. The molecule has 0 bridgehead atoms. The van der Waals surface area contributed by atoms with Crippen LogP contribution in [0.3, 0.4) is 0 Å². The number of methoxy groups -OCH3 is 1. The molecule has 56 heavy (non-hydrogen) atoms. The van der Waals surface area contributed by atoms with Crippen LogP contribution in [0.1, 0.15) is 32.2 Å². The Bertz CT molecular complexity index is 3090. The number of pyridine rings is 1. The van der Waals surface area contributed by atoms with E-state index in [1.807, 2.05) is 0 Å². The fourth-order valence-electron chi connectivity index (χ4n) is 8.44. The Morgan fingerprint density at radius 2 is 1.16 bits per heavy atom. The third-order valence-electron chi connectivity index (χ3n) is 11.2. The zero-order valence-corrected chi connectivity index (χ0v) is 32.2. The summed E-state index contributed by atoms with van der Waals surface area (Å²) >= 11 is 0. The van der Waals surface area contributed by atoms with Crippen LogP contribution in [0.25, 0.3) is 77.7 Å². The first kappa shape index (κ1) is 33.6. The fraction of sp³-hybridized carbons (Fsp3) is 0.120. The molecule has 0 N–H and O–H groups in total. The summed E-state index contributed by atoms with van der Waals surface area (Å²) in [6, 6.07) is 54.1. The average molecular weight is 729 g/mol. The monoisotopic (exact) mass is 728 g/mol. The van der Waals surface area contributed by atoms with Crippen molar-refractivity contribution in [3.05, 3.63) is 175 Å². The van der Waals surface area contributed by atoms with Gasteiger partial charge in [0.25, 0.3) is 5.82 Å². The molecular formula is C50H42N5O+. The maximum atomic E-state index is 5.70. The number of hydrogen-bond acceptors (Lipinski definition) is 2. The standard InChI is InChI=1S/C50H42N5O/c1-33-52(36-26-24-35(25-27-36)50(2,3)4)30-31-53(33)38-16-13-17-39(32-38)55-44-21-12-10-19-42(44)47-45(34-22-28-40(56-5)29-23-34)46-41-18-9-11-20-43(41)54(48(46)51-49(47)55)37-14-7-6-8-15-37/h6-32H,1-5H3/q+1. The van der Waals surface area contributed by atoms with E-state index in [1.54, 1.807) is 7.11 Å². The van der Waals surface area contributed by atoms with Crippen LogP contribution in [0.15, 0.2) is 164 Å². The minimum Gasteiger partial charge on any atom is -0.497 e. The second kappa shape index (κ2) is 12.8. The molecule has 0 spiro atoms. The first-order valence-corrected chi connectivity index (χ1v) is 19.2. The van der Waals surface area contributed by atoms with Crippen molar-refractivity contribution >= 4 is 43.9 Å². The number of aromatic nitrogens is 5. The molecule has 272 valence electrons. The van der Waals surface area contributed by atoms with Crippen molar-refractivity contribution in [1.29, 1.82) is 0 Å². The van der Waals surface area contributed by atoms with Gasteiger partial charge in [-0.1, -0.05) is 106 Å². The van der Waals surface area contributed by atoms with Crippen molar-refractivity contribution in [2.24, 2.45) is 0 Å². The highest BCUT2D eigenvalue weighted by atomic mass is 16.5. The van der Waals surface area contributed by atoms with E-state index < -0.39 is 0 Å². The van der Waals surface area contributed by atoms with Crippen molar-refractivity contribution in [3.8, 4) is 39.6 Å². The number of rotatable bonds is 6. The van der Waals surface area contributed by atoms with Crippen LogP contribution in [0.2, 0.25) is 0 Å². The Morgan fingerprint density at radius 3 is 1.79 bits per heavy atom. The zero-order chi connectivity index (χ0) is 38.1. The Hall–Kier alpha value is -6.92. The van der Waals surface area contributed by atoms with E-state index in [1.165, 1.54) is 5.56 Å². The lowest BCUT2D eigenvalue weighted by Crippen LogP contribution is -2.32. The molecule has 0 saturated carbocycles. The van der Waals surface area contributed by atoms with Gasteiger partial charge in [-0.15, -0.1) is 0 Å². The summed E-state index contributed by atoms with van der Waals surface area (Å²) in [4.78, 5) is 5.70. The van der Waals surface area contributed by atoms with Crippen LogP contribution in [-0.4, -0.2) is 25.8 Å². The summed E-state index contributed by atoms with van der Waals surface area (Å²) in [6.45, 7) is 8.93. The summed E-state index contributed by atoms with van der Waals surface area (Å²) in [7, 11) is 1.71. The molecule has 0 aliphatic rings. The molecule has 6 nitrogen and oxygen atoms in total. The van der Waals surface area contributed by atoms with Gasteiger partial charge in [0.2, 0.25) is 0 Å². The third kappa shape index (κ3) is 5.24. The topological polar surface area (TPSA) is 40.8 Å². The second-order valence-electron chi connectivity index (χ2n) is 15.6. The summed E-state index contributed by atoms with van der Waals surface area (Å²) in [5, 5.41) is 4.56. The van der Waals surface area contributed by atoms with Gasteiger partial charge in [0.05, 0.1) is 23.8 Å². The highest BCUT2D eigenvalue weighted by Gasteiger charge is 2.26. The minimum absolute atomic E-state index is 0.103. The molecule has 0 saturated heterocycles. The Labute approximate surface area is 326 Å². The lowest BCUT2D eigenvalue weighted by Gasteiger charge is -2.18. The highest BCUT2D eigenvalue weighted by molar-refractivity contribution is 6.26. The number of benzene rings is 6. The molecule has 6 aromatic carbocycles. The van der Waals surface area contributed by atoms with E-state index in [0.717, 1.165) is 89.3 Å². The van der Waals surface area contributed by atoms with Crippen molar-refractivity contribution in [2.75, 3.05) is 7.11 Å². The number of hydrogen-bond donors (Lipinski definition) is 0. The summed E-state index contributed by atoms with van der Waals surface area (Å²) < 4.78 is 14.8. The maximum Gasteiger partial charge on any atom is 0.263 e. The number of ether oxygens (including phenoxy) is 1. The van der Waals surface area contributed by atoms with Gasteiger partial charge in [0, 0.05) is 45.8 Å². The van der Waals surface area contributed by atoms with Gasteiger partial charge < -0.3 is 4.74 Å². The lowest BCUT2D eigenvalue weighted by molar-refractivity contribution is -0.601. The van der Waals surface area contributed by atoms with Crippen LogP contribution in [0.5, 0.6) is 5.75 Å². The zero-order valence-electron chi connectivity index (χ0n) is 32.2. The van der Waals surface area contributed by atoms with E-state index in [4.69, 9.17) is 9.72 Å². The van der Waals surface area contributed by atoms with Crippen LogP contribution in [0.4, 0.5) is 0 Å². The molecule has 0 amide bonds. The summed E-state index contributed by atoms with van der Waals surface area (Å²) in [5.74, 6) is 1.94. The van der Waals surface area contributed by atoms with Crippen molar-refractivity contribution in [2.45, 2.75) is 33.1 Å². The normalized spacial score (nSPS) is 12.0. The maximum absolute atomic E-state index is 5.70. The molecular weight excluding hydrogens is 687 g/mol. The number of para-hydroxylation sites is 3. The van der Waals surface area contributed by atoms with Gasteiger partial charge >= 0.3 is 0 Å². The van der Waals surface area contributed by atoms with Crippen LogP contribution >= 0.6 is 0 Å². The van der Waals surface area contributed by atoms with Crippen LogP contribution in [-0.2, 0) is 5.41 Å². The largest absolute Gasteiger partial charge is 0.497 e. The summed E-state index contributed by atoms with van der Waals surface area (Å²) in [5.41, 5.74) is 12.0. The fourth-order valence-corrected chi connectivity index (χ4v) is 8.44. The molecule has 0 aliphatic carbocycles. The van der Waals surface area contributed by atoms with E-state index in [-0.39, 0.29) is 5.41 Å². The SMILES string of the molecule is COc1ccc(-c2c3c4ccccc4n(-c4ccccc4)c3nc3c2c2ccccc2n3-c2cccc(-n3cc[n+](-c4ccc(C(C)(C)C)cc4)c3C)c2)cc1. The quantitative estimate of drug-likeness (QED) is 0.160. The van der Waals surface area contributed by atoms with Gasteiger partial charge in [0.15, 0.2) is 0 Å². The first-order chi connectivity index (χ1) is 27.3. The first-order valence-electron chi connectivity index (χ1n) is 19.2. The van der Waals surface area contributed by atoms with Crippen molar-refractivity contribution < 1.29 is 9.30 Å². The molecule has 0 fully saturated rings. The van der Waals surface area contributed by atoms with E-state index in [9.17, 15) is 0 Å². The summed E-state index contributed by atoms with van der Waals surface area (Å²) in [6.07, 6.45) is 4.30. The van der Waals surface area contributed by atoms with Crippen molar-refractivity contribution in [3.63, 3.8) is 0 Å². The van der Waals surface area contributed by atoms with E-state index in [2.05, 4.69) is 210 Å². The van der Waals surface area contributed by atoms with Crippen molar-refractivity contribution in [1.82, 2.24) is 18.7 Å². The van der Waals surface area contributed by atoms with Gasteiger partial charge in [0.1, 0.15) is 40.8 Å². The highest BCUT2D eigenvalue weighted by Crippen LogP contribution is 2.45. The predicted octanol–water partition coefficient (Wildman–Crippen LogP) is 11.6. The molecule has 10 rings (SSSR count). The molecule has 0 aliphatic heterocycles. The predicted molar refractivity (Wildman–Crippen MR) is 229 cm³/mol. The van der Waals surface area contributed by atoms with Crippen LogP contribution in [0, 0.1) is 6.92 Å². The molecule has 0 atom stereocenters. The average Bonchev–Trinajstić information content (AvgIpc) is 3.89. The van der Waals surface area contributed by atoms with Gasteiger partial charge in [-0.05, 0) is 77.2 Å². The third-order valence-corrected chi connectivity index (χ3v) is 11.2. The Morgan fingerprint density at radius 1 is 0.589 bits per heavy atom. The molecule has 4 aromatic heterocycles. The van der Waals surface area contributed by atoms with Gasteiger partial charge in [-0.2, -0.15) is 9.13 Å².